The van der Waals surface area contributed by atoms with E-state index >= 15 is 0 Å². The van der Waals surface area contributed by atoms with Crippen molar-refractivity contribution in [2.45, 2.75) is 13.0 Å². The van der Waals surface area contributed by atoms with Gasteiger partial charge >= 0.3 is 6.09 Å². The summed E-state index contributed by atoms with van der Waals surface area (Å²) in [5.41, 5.74) is 7.07. The van der Waals surface area contributed by atoms with Gasteiger partial charge in [0, 0.05) is 17.8 Å². The molecule has 1 aromatic carbocycles. The quantitative estimate of drug-likeness (QED) is 0.907. The first-order chi connectivity index (χ1) is 9.67. The fourth-order valence-electron chi connectivity index (χ4n) is 2.05. The molecule has 1 saturated heterocycles. The van der Waals surface area contributed by atoms with Crippen LogP contribution in [0.3, 0.4) is 0 Å². The van der Waals surface area contributed by atoms with Crippen molar-refractivity contribution in [3.8, 4) is 11.5 Å². The van der Waals surface area contributed by atoms with Gasteiger partial charge in [-0.15, -0.1) is 0 Å². The molecule has 104 valence electrons. The first-order valence-corrected chi connectivity index (χ1v) is 6.26. The molecule has 7 nitrogen and oxygen atoms in total. The van der Waals surface area contributed by atoms with Gasteiger partial charge in [-0.1, -0.05) is 5.16 Å². The fourth-order valence-corrected chi connectivity index (χ4v) is 2.05. The number of nitrogens with two attached hydrogens (primary N) is 1. The van der Waals surface area contributed by atoms with Crippen LogP contribution < -0.4 is 10.6 Å². The van der Waals surface area contributed by atoms with E-state index in [-0.39, 0.29) is 12.2 Å². The van der Waals surface area contributed by atoms with Crippen molar-refractivity contribution in [2.24, 2.45) is 5.73 Å². The molecule has 0 aliphatic carbocycles. The van der Waals surface area contributed by atoms with Gasteiger partial charge in [-0.25, -0.2) is 4.79 Å². The second-order valence-electron chi connectivity index (χ2n) is 4.55. The lowest BCUT2D eigenvalue weighted by molar-refractivity contribution is 0.145. The maximum absolute atomic E-state index is 11.7. The van der Waals surface area contributed by atoms with Crippen LogP contribution >= 0.6 is 0 Å². The lowest BCUT2D eigenvalue weighted by Crippen LogP contribution is -2.27. The third-order valence-electron chi connectivity index (χ3n) is 3.09. The molecule has 1 aromatic heterocycles. The number of benzene rings is 1. The van der Waals surface area contributed by atoms with Gasteiger partial charge in [-0.2, -0.15) is 4.98 Å². The molecule has 0 radical (unpaired) electrons. The van der Waals surface area contributed by atoms with Crippen LogP contribution in [0.2, 0.25) is 0 Å². The Kier molecular flexibility index (Phi) is 3.11. The molecular formula is C13H14N4O3. The van der Waals surface area contributed by atoms with Gasteiger partial charge in [0.2, 0.25) is 0 Å². The van der Waals surface area contributed by atoms with Crippen molar-refractivity contribution >= 4 is 11.8 Å². The average Bonchev–Trinajstić information content (AvgIpc) is 3.05. The van der Waals surface area contributed by atoms with Gasteiger partial charge in [0.15, 0.2) is 5.82 Å². The number of hydrogen-bond acceptors (Lipinski definition) is 6. The maximum atomic E-state index is 11.7. The zero-order valence-electron chi connectivity index (χ0n) is 10.9. The molecule has 2 aromatic rings. The van der Waals surface area contributed by atoms with Gasteiger partial charge in [0.25, 0.3) is 5.89 Å². The number of rotatable bonds is 3. The Hall–Kier alpha value is -2.41. The summed E-state index contributed by atoms with van der Waals surface area (Å²) in [6, 6.07) is 7.28. The summed E-state index contributed by atoms with van der Waals surface area (Å²) in [6.45, 7) is 2.55. The smallest absolute Gasteiger partial charge is 0.414 e. The molecule has 1 atom stereocenters. The van der Waals surface area contributed by atoms with Crippen LogP contribution in [-0.2, 0) is 4.74 Å². The Morgan fingerprint density at radius 2 is 2.15 bits per heavy atom. The number of carbonyl (C=O) groups is 1. The van der Waals surface area contributed by atoms with E-state index < -0.39 is 0 Å². The summed E-state index contributed by atoms with van der Waals surface area (Å²) < 4.78 is 10.2. The molecule has 0 bridgehead atoms. The third-order valence-corrected chi connectivity index (χ3v) is 3.09. The van der Waals surface area contributed by atoms with E-state index in [9.17, 15) is 4.79 Å². The van der Waals surface area contributed by atoms with E-state index in [4.69, 9.17) is 15.0 Å². The highest BCUT2D eigenvalue weighted by molar-refractivity contribution is 5.90. The second-order valence-corrected chi connectivity index (χ2v) is 4.55. The van der Waals surface area contributed by atoms with E-state index in [2.05, 4.69) is 10.1 Å². The Balaban J connectivity index is 1.81. The number of aromatic nitrogens is 2. The van der Waals surface area contributed by atoms with Crippen LogP contribution in [0.15, 0.2) is 28.8 Å². The van der Waals surface area contributed by atoms with Gasteiger partial charge in [0.1, 0.15) is 6.10 Å². The number of nitrogens with zero attached hydrogens (tertiary/aromatic N) is 3. The highest BCUT2D eigenvalue weighted by Gasteiger charge is 2.31. The SMILES string of the molecule is Cc1noc(-c2ccc(N3CC(CN)OC3=O)cc2)n1. The summed E-state index contributed by atoms with van der Waals surface area (Å²) in [5.74, 6) is 1.04. The molecule has 3 rings (SSSR count). The summed E-state index contributed by atoms with van der Waals surface area (Å²) in [5, 5.41) is 3.74. The molecule has 0 spiro atoms. The zero-order chi connectivity index (χ0) is 14.1. The molecule has 1 aliphatic heterocycles. The number of anilines is 1. The Bertz CT molecular complexity index is 623. The van der Waals surface area contributed by atoms with Crippen LogP contribution in [0.4, 0.5) is 10.5 Å². The van der Waals surface area contributed by atoms with Crippen molar-refractivity contribution in [1.82, 2.24) is 10.1 Å². The van der Waals surface area contributed by atoms with Crippen molar-refractivity contribution in [1.29, 1.82) is 0 Å². The van der Waals surface area contributed by atoms with Gasteiger partial charge in [-0.3, -0.25) is 4.90 Å². The molecule has 0 saturated carbocycles. The van der Waals surface area contributed by atoms with E-state index in [1.165, 1.54) is 0 Å². The maximum Gasteiger partial charge on any atom is 0.414 e. The summed E-state index contributed by atoms with van der Waals surface area (Å²) in [6.07, 6.45) is -0.623. The highest BCUT2D eigenvalue weighted by atomic mass is 16.6. The number of aryl methyl sites for hydroxylation is 1. The predicted molar refractivity (Wildman–Crippen MR) is 71.1 cm³/mol. The lowest BCUT2D eigenvalue weighted by atomic mass is 10.2. The fraction of sp³-hybridized carbons (Fsp3) is 0.308. The van der Waals surface area contributed by atoms with Gasteiger partial charge in [0.05, 0.1) is 6.54 Å². The third kappa shape index (κ3) is 2.23. The van der Waals surface area contributed by atoms with Crippen LogP contribution in [0.1, 0.15) is 5.82 Å². The van der Waals surface area contributed by atoms with E-state index in [0.29, 0.717) is 24.8 Å². The minimum atomic E-state index is -0.373. The van der Waals surface area contributed by atoms with Crippen molar-refractivity contribution < 1.29 is 14.1 Å². The summed E-state index contributed by atoms with van der Waals surface area (Å²) >= 11 is 0. The number of cyclic esters (lactones) is 1. The van der Waals surface area contributed by atoms with Crippen LogP contribution in [-0.4, -0.2) is 35.4 Å². The van der Waals surface area contributed by atoms with Crippen molar-refractivity contribution in [2.75, 3.05) is 18.0 Å². The molecule has 1 aliphatic rings. The second kappa shape index (κ2) is 4.93. The minimum Gasteiger partial charge on any atom is -0.443 e. The molecular weight excluding hydrogens is 260 g/mol. The first-order valence-electron chi connectivity index (χ1n) is 6.26. The van der Waals surface area contributed by atoms with E-state index in [1.54, 1.807) is 11.8 Å². The average molecular weight is 274 g/mol. The van der Waals surface area contributed by atoms with Gasteiger partial charge < -0.3 is 15.0 Å². The molecule has 1 amide bonds. The van der Waals surface area contributed by atoms with E-state index in [0.717, 1.165) is 11.3 Å². The molecule has 20 heavy (non-hydrogen) atoms. The topological polar surface area (TPSA) is 94.5 Å². The zero-order valence-corrected chi connectivity index (χ0v) is 10.9. The van der Waals surface area contributed by atoms with Crippen LogP contribution in [0, 0.1) is 6.92 Å². The van der Waals surface area contributed by atoms with E-state index in [1.807, 2.05) is 24.3 Å². The number of amides is 1. The standard InChI is InChI=1S/C13H14N4O3/c1-8-15-12(20-16-8)9-2-4-10(5-3-9)17-7-11(6-14)19-13(17)18/h2-5,11H,6-7,14H2,1H3. The molecule has 1 unspecified atom stereocenters. The molecule has 2 N–H and O–H groups in total. The van der Waals surface area contributed by atoms with Crippen molar-refractivity contribution in [3.05, 3.63) is 30.1 Å². The summed E-state index contributed by atoms with van der Waals surface area (Å²) in [7, 11) is 0. The van der Waals surface area contributed by atoms with Crippen molar-refractivity contribution in [3.63, 3.8) is 0 Å². The first kappa shape index (κ1) is 12.6. The molecule has 2 heterocycles. The van der Waals surface area contributed by atoms with Gasteiger partial charge in [-0.05, 0) is 31.2 Å². The minimum absolute atomic E-state index is 0.249. The lowest BCUT2D eigenvalue weighted by Gasteiger charge is -2.12. The summed E-state index contributed by atoms with van der Waals surface area (Å²) in [4.78, 5) is 17.4. The number of carbonyl (C=O) groups excluding carboxylic acids is 1. The number of hydrogen-bond donors (Lipinski definition) is 1. The Morgan fingerprint density at radius 3 is 2.70 bits per heavy atom. The molecule has 1 fully saturated rings. The van der Waals surface area contributed by atoms with Crippen LogP contribution in [0.25, 0.3) is 11.5 Å². The predicted octanol–water partition coefficient (Wildman–Crippen LogP) is 1.33. The normalized spacial score (nSPS) is 18.4. The monoisotopic (exact) mass is 274 g/mol. The molecule has 7 heteroatoms. The Morgan fingerprint density at radius 1 is 1.40 bits per heavy atom. The highest BCUT2D eigenvalue weighted by Crippen LogP contribution is 2.25. The number of ether oxygens (including phenoxy) is 1. The largest absolute Gasteiger partial charge is 0.443 e. The Labute approximate surface area is 115 Å². The van der Waals surface area contributed by atoms with Crippen LogP contribution in [0.5, 0.6) is 0 Å².